The summed E-state index contributed by atoms with van der Waals surface area (Å²) in [5.41, 5.74) is 5.68. The largest absolute Gasteiger partial charge is 0.369 e. The van der Waals surface area contributed by atoms with Crippen LogP contribution in [0.5, 0.6) is 0 Å². The molecule has 0 unspecified atom stereocenters. The highest BCUT2D eigenvalue weighted by molar-refractivity contribution is 5.93. The minimum Gasteiger partial charge on any atom is -0.369 e. The number of nitrogens with one attached hydrogen (secondary N) is 1. The van der Waals surface area contributed by atoms with Crippen molar-refractivity contribution in [2.45, 2.75) is 32.2 Å². The molecule has 0 radical (unpaired) electrons. The number of pyridine rings is 1. The van der Waals surface area contributed by atoms with E-state index in [1.807, 2.05) is 0 Å². The summed E-state index contributed by atoms with van der Waals surface area (Å²) in [6.45, 7) is 1.70. The van der Waals surface area contributed by atoms with Crippen LogP contribution in [0.1, 0.15) is 24.8 Å². The van der Waals surface area contributed by atoms with Gasteiger partial charge in [-0.15, -0.1) is 0 Å². The number of benzene rings is 2. The monoisotopic (exact) mass is 493 g/mol. The average Bonchev–Trinajstić information content (AvgIpc) is 3.28. The van der Waals surface area contributed by atoms with Gasteiger partial charge in [-0.25, -0.2) is 18.2 Å². The molecule has 2 heterocycles. The molecule has 1 saturated carbocycles. The summed E-state index contributed by atoms with van der Waals surface area (Å²) in [6, 6.07) is 9.73. The summed E-state index contributed by atoms with van der Waals surface area (Å²) >= 11 is 0. The van der Waals surface area contributed by atoms with Gasteiger partial charge in [0.05, 0.1) is 11.6 Å². The first-order valence-electron chi connectivity index (χ1n) is 11.4. The van der Waals surface area contributed by atoms with Crippen molar-refractivity contribution in [1.82, 2.24) is 14.5 Å². The molecule has 7 nitrogen and oxygen atoms in total. The normalized spacial score (nSPS) is 17.4. The molecular weight excluding hydrogens is 471 g/mol. The van der Waals surface area contributed by atoms with Crippen molar-refractivity contribution in [3.63, 3.8) is 0 Å². The lowest BCUT2D eigenvalue weighted by molar-refractivity contribution is -0.121. The Hall–Kier alpha value is -4.21. The van der Waals surface area contributed by atoms with Crippen molar-refractivity contribution >= 4 is 22.9 Å². The Balaban J connectivity index is 1.80. The predicted octanol–water partition coefficient (Wildman–Crippen LogP) is 4.24. The predicted molar refractivity (Wildman–Crippen MR) is 129 cm³/mol. The zero-order valence-electron chi connectivity index (χ0n) is 19.3. The van der Waals surface area contributed by atoms with Crippen LogP contribution in [0.15, 0.2) is 53.3 Å². The number of primary amides is 1. The van der Waals surface area contributed by atoms with E-state index in [1.54, 1.807) is 6.92 Å². The summed E-state index contributed by atoms with van der Waals surface area (Å²) in [5.74, 6) is -3.17. The topological polar surface area (TPSA) is 103 Å². The molecule has 0 aliphatic heterocycles. The van der Waals surface area contributed by atoms with Crippen LogP contribution in [0.4, 0.5) is 19.1 Å². The Morgan fingerprint density at radius 3 is 2.50 bits per heavy atom. The average molecular weight is 493 g/mol. The van der Waals surface area contributed by atoms with E-state index >= 15 is 0 Å². The molecule has 2 aromatic carbocycles. The Morgan fingerprint density at radius 2 is 1.81 bits per heavy atom. The minimum atomic E-state index is -0.943. The number of anilines is 1. The number of nitrogens with two attached hydrogens (primary N) is 1. The fraction of sp³-hybridized carbons (Fsp3) is 0.231. The molecule has 0 spiro atoms. The van der Waals surface area contributed by atoms with Crippen molar-refractivity contribution in [2.75, 3.05) is 5.32 Å². The summed E-state index contributed by atoms with van der Waals surface area (Å²) in [7, 11) is 0. The van der Waals surface area contributed by atoms with E-state index in [9.17, 15) is 22.8 Å². The number of nitrogens with zero attached hydrogens (tertiary/aromatic N) is 3. The first-order valence-corrected chi connectivity index (χ1v) is 11.4. The van der Waals surface area contributed by atoms with Gasteiger partial charge in [0.2, 0.25) is 11.9 Å². The second kappa shape index (κ2) is 9.10. The molecule has 2 atom stereocenters. The quantitative estimate of drug-likeness (QED) is 0.433. The lowest BCUT2D eigenvalue weighted by atomic mass is 10.0. The van der Waals surface area contributed by atoms with Crippen LogP contribution in [0, 0.1) is 30.3 Å². The molecule has 1 aliphatic rings. The van der Waals surface area contributed by atoms with E-state index in [0.29, 0.717) is 35.0 Å². The highest BCUT2D eigenvalue weighted by Gasteiger charge is 2.32. The van der Waals surface area contributed by atoms with Crippen molar-refractivity contribution in [2.24, 2.45) is 11.7 Å². The number of fused-ring (bicyclic) bond motifs is 1. The Bertz CT molecular complexity index is 1550. The molecule has 0 saturated heterocycles. The molecule has 5 rings (SSSR count). The third-order valence-electron chi connectivity index (χ3n) is 6.55. The van der Waals surface area contributed by atoms with E-state index in [-0.39, 0.29) is 17.6 Å². The second-order valence-electron chi connectivity index (χ2n) is 8.86. The molecule has 36 heavy (non-hydrogen) atoms. The maximum atomic E-state index is 14.8. The van der Waals surface area contributed by atoms with Crippen LogP contribution in [-0.4, -0.2) is 26.5 Å². The number of para-hydroxylation sites is 1. The number of rotatable bonds is 5. The lowest BCUT2D eigenvalue weighted by Crippen LogP contribution is -2.35. The number of carbonyl (C=O) groups is 1. The number of halogens is 3. The van der Waals surface area contributed by atoms with E-state index in [4.69, 9.17) is 5.73 Å². The molecule has 184 valence electrons. The summed E-state index contributed by atoms with van der Waals surface area (Å²) < 4.78 is 44.3. The van der Waals surface area contributed by atoms with Gasteiger partial charge < -0.3 is 11.1 Å². The first kappa shape index (κ1) is 23.5. The van der Waals surface area contributed by atoms with Gasteiger partial charge in [-0.2, -0.15) is 4.98 Å². The zero-order valence-corrected chi connectivity index (χ0v) is 19.3. The molecule has 1 fully saturated rings. The van der Waals surface area contributed by atoms with Crippen molar-refractivity contribution < 1.29 is 18.0 Å². The number of amides is 1. The Labute approximate surface area is 203 Å². The Kier molecular flexibility index (Phi) is 5.95. The highest BCUT2D eigenvalue weighted by Crippen LogP contribution is 2.33. The van der Waals surface area contributed by atoms with Gasteiger partial charge in [0, 0.05) is 23.1 Å². The van der Waals surface area contributed by atoms with Crippen LogP contribution in [0.3, 0.4) is 0 Å². The lowest BCUT2D eigenvalue weighted by Gasteiger charge is -2.20. The van der Waals surface area contributed by atoms with Crippen molar-refractivity contribution in [3.05, 3.63) is 81.9 Å². The van der Waals surface area contributed by atoms with Crippen LogP contribution >= 0.6 is 0 Å². The number of carbonyl (C=O) groups excluding carboxylic acids is 1. The maximum Gasteiger partial charge on any atom is 0.256 e. The van der Waals surface area contributed by atoms with Crippen LogP contribution in [0.2, 0.25) is 0 Å². The van der Waals surface area contributed by atoms with Gasteiger partial charge in [-0.1, -0.05) is 12.5 Å². The van der Waals surface area contributed by atoms with Gasteiger partial charge in [0.25, 0.3) is 5.56 Å². The maximum absolute atomic E-state index is 14.8. The molecule has 0 bridgehead atoms. The molecule has 1 amide bonds. The van der Waals surface area contributed by atoms with E-state index in [0.717, 1.165) is 23.1 Å². The summed E-state index contributed by atoms with van der Waals surface area (Å²) in [5, 5.41) is 3.46. The zero-order chi connectivity index (χ0) is 25.6. The number of aryl methyl sites for hydroxylation is 1. The third-order valence-corrected chi connectivity index (χ3v) is 6.55. The molecular formula is C26H22F3N5O2. The van der Waals surface area contributed by atoms with Gasteiger partial charge in [0.1, 0.15) is 23.1 Å². The fourth-order valence-electron chi connectivity index (χ4n) is 4.84. The van der Waals surface area contributed by atoms with E-state index < -0.39 is 40.5 Å². The van der Waals surface area contributed by atoms with Crippen LogP contribution < -0.4 is 16.6 Å². The molecule has 3 N–H and O–H groups in total. The number of hydrogen-bond donors (Lipinski definition) is 2. The molecule has 1 aliphatic carbocycles. The molecule has 10 heteroatoms. The van der Waals surface area contributed by atoms with E-state index in [2.05, 4.69) is 15.3 Å². The standard InChI is InChI=1S/C26H22F3N5O2/c1-13-12-14(27)8-9-15(13)22-17-10-11-21(35)34(23-18(28)5-3-6-19(23)29)25(17)33-26(32-22)31-20-7-2-4-16(20)24(30)36/h3,5-6,8-12,16,20H,2,4,7H2,1H3,(H2,30,36)(H,31,32,33)/t16-,20+/m0/s1. The van der Waals surface area contributed by atoms with Crippen LogP contribution in [-0.2, 0) is 4.79 Å². The smallest absolute Gasteiger partial charge is 0.256 e. The summed E-state index contributed by atoms with van der Waals surface area (Å²) in [6.07, 6.45) is 2.02. The third kappa shape index (κ3) is 4.08. The number of hydrogen-bond acceptors (Lipinski definition) is 5. The molecule has 4 aromatic rings. The second-order valence-corrected chi connectivity index (χ2v) is 8.86. The SMILES string of the molecule is Cc1cc(F)ccc1-c1nc(N[C@@H]2CCC[C@@H]2C(N)=O)nc2c1ccc(=O)n2-c1c(F)cccc1F. The van der Waals surface area contributed by atoms with Gasteiger partial charge >= 0.3 is 0 Å². The fourth-order valence-corrected chi connectivity index (χ4v) is 4.84. The van der Waals surface area contributed by atoms with Gasteiger partial charge in [0.15, 0.2) is 5.65 Å². The Morgan fingerprint density at radius 1 is 1.06 bits per heavy atom. The van der Waals surface area contributed by atoms with Crippen LogP contribution in [0.25, 0.3) is 28.0 Å². The van der Waals surface area contributed by atoms with E-state index in [1.165, 1.54) is 36.4 Å². The number of aromatic nitrogens is 3. The van der Waals surface area contributed by atoms with Gasteiger partial charge in [-0.05, 0) is 61.7 Å². The summed E-state index contributed by atoms with van der Waals surface area (Å²) in [4.78, 5) is 33.9. The van der Waals surface area contributed by atoms with Crippen molar-refractivity contribution in [1.29, 1.82) is 0 Å². The first-order chi connectivity index (χ1) is 17.2. The molecule has 2 aromatic heterocycles. The minimum absolute atomic E-state index is 0.0450. The van der Waals surface area contributed by atoms with Gasteiger partial charge in [-0.3, -0.25) is 14.2 Å². The highest BCUT2D eigenvalue weighted by atomic mass is 19.1. The van der Waals surface area contributed by atoms with Crippen molar-refractivity contribution in [3.8, 4) is 16.9 Å².